The zero-order valence-electron chi connectivity index (χ0n) is 9.29. The van der Waals surface area contributed by atoms with Gasteiger partial charge in [0.25, 0.3) is 0 Å². The molecule has 0 fully saturated rings. The van der Waals surface area contributed by atoms with Gasteiger partial charge in [-0.15, -0.1) is 6.58 Å². The molecular formula is C10H20N2O. The third-order valence-electron chi connectivity index (χ3n) is 1.73. The summed E-state index contributed by atoms with van der Waals surface area (Å²) in [7, 11) is 3.51. The summed E-state index contributed by atoms with van der Waals surface area (Å²) in [6.07, 6.45) is 1.74. The molecule has 3 heteroatoms. The minimum Gasteiger partial charge on any atom is -0.331 e. The van der Waals surface area contributed by atoms with Gasteiger partial charge in [-0.2, -0.15) is 0 Å². The van der Waals surface area contributed by atoms with Crippen LogP contribution in [0.25, 0.3) is 0 Å². The largest absolute Gasteiger partial charge is 0.331 e. The molecule has 2 amide bonds. The van der Waals surface area contributed by atoms with Crippen LogP contribution in [0.2, 0.25) is 0 Å². The Labute approximate surface area is 81.0 Å². The van der Waals surface area contributed by atoms with Crippen molar-refractivity contribution in [1.29, 1.82) is 0 Å². The van der Waals surface area contributed by atoms with Crippen molar-refractivity contribution in [3.8, 4) is 0 Å². The molecule has 0 aliphatic heterocycles. The first-order chi connectivity index (χ1) is 5.80. The van der Waals surface area contributed by atoms with E-state index >= 15 is 0 Å². The predicted molar refractivity (Wildman–Crippen MR) is 55.7 cm³/mol. The maximum Gasteiger partial charge on any atom is 0.320 e. The number of amides is 2. The third-order valence-corrected chi connectivity index (χ3v) is 1.73. The Kier molecular flexibility index (Phi) is 3.98. The molecule has 0 rings (SSSR count). The average Bonchev–Trinajstić information content (AvgIpc) is 1.96. The summed E-state index contributed by atoms with van der Waals surface area (Å²) in [5, 5.41) is 0. The number of nitrogens with zero attached hydrogens (tertiary/aromatic N) is 2. The van der Waals surface area contributed by atoms with Gasteiger partial charge in [0.15, 0.2) is 0 Å². The maximum absolute atomic E-state index is 11.7. The molecule has 76 valence electrons. The van der Waals surface area contributed by atoms with Crippen molar-refractivity contribution in [3.05, 3.63) is 12.7 Å². The highest BCUT2D eigenvalue weighted by atomic mass is 16.2. The number of carbonyl (C=O) groups excluding carboxylic acids is 1. The molecule has 3 nitrogen and oxygen atoms in total. The van der Waals surface area contributed by atoms with E-state index in [0.29, 0.717) is 6.54 Å². The summed E-state index contributed by atoms with van der Waals surface area (Å²) in [4.78, 5) is 15.0. The van der Waals surface area contributed by atoms with Crippen molar-refractivity contribution in [3.63, 3.8) is 0 Å². The number of carbonyl (C=O) groups is 1. The van der Waals surface area contributed by atoms with Crippen molar-refractivity contribution in [2.45, 2.75) is 26.3 Å². The van der Waals surface area contributed by atoms with Crippen LogP contribution >= 0.6 is 0 Å². The highest BCUT2D eigenvalue weighted by molar-refractivity contribution is 5.74. The van der Waals surface area contributed by atoms with Crippen molar-refractivity contribution in [2.24, 2.45) is 0 Å². The number of urea groups is 1. The van der Waals surface area contributed by atoms with E-state index in [1.807, 2.05) is 20.8 Å². The van der Waals surface area contributed by atoms with E-state index in [2.05, 4.69) is 6.58 Å². The topological polar surface area (TPSA) is 23.6 Å². The highest BCUT2D eigenvalue weighted by Gasteiger charge is 2.26. The quantitative estimate of drug-likeness (QED) is 0.602. The SMILES string of the molecule is C=CCN(C(=O)N(C)C)C(C)(C)C. The maximum atomic E-state index is 11.7. The molecule has 0 saturated carbocycles. The van der Waals surface area contributed by atoms with Crippen LogP contribution in [0.3, 0.4) is 0 Å². The Balaban J connectivity index is 4.61. The molecule has 0 bridgehead atoms. The highest BCUT2D eigenvalue weighted by Crippen LogP contribution is 2.14. The Morgan fingerprint density at radius 1 is 1.38 bits per heavy atom. The number of hydrogen-bond donors (Lipinski definition) is 0. The third kappa shape index (κ3) is 3.49. The lowest BCUT2D eigenvalue weighted by molar-refractivity contribution is 0.131. The van der Waals surface area contributed by atoms with Crippen LogP contribution in [0.15, 0.2) is 12.7 Å². The molecule has 0 aromatic rings. The van der Waals surface area contributed by atoms with E-state index in [4.69, 9.17) is 0 Å². The van der Waals surface area contributed by atoms with Gasteiger partial charge in [-0.25, -0.2) is 4.79 Å². The first-order valence-corrected chi connectivity index (χ1v) is 4.40. The van der Waals surface area contributed by atoms with E-state index < -0.39 is 0 Å². The van der Waals surface area contributed by atoms with Crippen LogP contribution in [-0.4, -0.2) is 42.0 Å². The Morgan fingerprint density at radius 2 is 1.85 bits per heavy atom. The second-order valence-corrected chi connectivity index (χ2v) is 4.25. The Hall–Kier alpha value is -0.990. The van der Waals surface area contributed by atoms with E-state index in [9.17, 15) is 4.79 Å². The normalized spacial score (nSPS) is 10.8. The summed E-state index contributed by atoms with van der Waals surface area (Å²) in [6, 6.07) is 0.0207. The summed E-state index contributed by atoms with van der Waals surface area (Å²) in [5.74, 6) is 0. The first kappa shape index (κ1) is 12.0. The van der Waals surface area contributed by atoms with Gasteiger partial charge in [0.1, 0.15) is 0 Å². The number of rotatable bonds is 2. The summed E-state index contributed by atoms with van der Waals surface area (Å²) < 4.78 is 0. The molecular weight excluding hydrogens is 164 g/mol. The van der Waals surface area contributed by atoms with Crippen LogP contribution in [0.1, 0.15) is 20.8 Å². The molecule has 13 heavy (non-hydrogen) atoms. The van der Waals surface area contributed by atoms with Gasteiger partial charge < -0.3 is 9.80 Å². The van der Waals surface area contributed by atoms with Crippen LogP contribution < -0.4 is 0 Å². The van der Waals surface area contributed by atoms with Gasteiger partial charge in [-0.05, 0) is 20.8 Å². The van der Waals surface area contributed by atoms with Crippen molar-refractivity contribution < 1.29 is 4.79 Å². The standard InChI is InChI=1S/C10H20N2O/c1-7-8-12(10(2,3)4)9(13)11(5)6/h7H,1,8H2,2-6H3. The minimum absolute atomic E-state index is 0.0207. The fraction of sp³-hybridized carbons (Fsp3) is 0.700. The van der Waals surface area contributed by atoms with Crippen molar-refractivity contribution >= 4 is 6.03 Å². The van der Waals surface area contributed by atoms with Gasteiger partial charge in [0.05, 0.1) is 0 Å². The van der Waals surface area contributed by atoms with E-state index in [-0.39, 0.29) is 11.6 Å². The molecule has 0 saturated heterocycles. The lowest BCUT2D eigenvalue weighted by atomic mass is 10.1. The van der Waals surface area contributed by atoms with E-state index in [1.165, 1.54) is 0 Å². The van der Waals surface area contributed by atoms with Gasteiger partial charge in [0.2, 0.25) is 0 Å². The van der Waals surface area contributed by atoms with Gasteiger partial charge in [-0.3, -0.25) is 0 Å². The van der Waals surface area contributed by atoms with Crippen LogP contribution in [0.4, 0.5) is 4.79 Å². The zero-order valence-corrected chi connectivity index (χ0v) is 9.29. The number of hydrogen-bond acceptors (Lipinski definition) is 1. The summed E-state index contributed by atoms with van der Waals surface area (Å²) >= 11 is 0. The molecule has 0 atom stereocenters. The minimum atomic E-state index is -0.157. The second-order valence-electron chi connectivity index (χ2n) is 4.25. The smallest absolute Gasteiger partial charge is 0.320 e. The van der Waals surface area contributed by atoms with Gasteiger partial charge in [-0.1, -0.05) is 6.08 Å². The molecule has 0 aromatic heterocycles. The first-order valence-electron chi connectivity index (χ1n) is 4.40. The monoisotopic (exact) mass is 184 g/mol. The van der Waals surface area contributed by atoms with Crippen molar-refractivity contribution in [2.75, 3.05) is 20.6 Å². The molecule has 0 spiro atoms. The van der Waals surface area contributed by atoms with Crippen molar-refractivity contribution in [1.82, 2.24) is 9.80 Å². The summed E-state index contributed by atoms with van der Waals surface area (Å²) in [5.41, 5.74) is -0.157. The molecule has 0 unspecified atom stereocenters. The van der Waals surface area contributed by atoms with Crippen LogP contribution in [0.5, 0.6) is 0 Å². The van der Waals surface area contributed by atoms with E-state index in [1.54, 1.807) is 30.0 Å². The van der Waals surface area contributed by atoms with E-state index in [0.717, 1.165) is 0 Å². The van der Waals surface area contributed by atoms with Gasteiger partial charge in [0, 0.05) is 26.2 Å². The molecule has 0 aromatic carbocycles. The zero-order chi connectivity index (χ0) is 10.6. The fourth-order valence-electron chi connectivity index (χ4n) is 1.01. The molecule has 0 radical (unpaired) electrons. The van der Waals surface area contributed by atoms with Crippen LogP contribution in [-0.2, 0) is 0 Å². The lowest BCUT2D eigenvalue weighted by Crippen LogP contribution is -2.49. The average molecular weight is 184 g/mol. The molecule has 0 aliphatic rings. The second kappa shape index (κ2) is 4.30. The molecule has 0 heterocycles. The molecule has 0 aliphatic carbocycles. The lowest BCUT2D eigenvalue weighted by Gasteiger charge is -2.36. The predicted octanol–water partition coefficient (Wildman–Crippen LogP) is 1.95. The van der Waals surface area contributed by atoms with Gasteiger partial charge >= 0.3 is 6.03 Å². The Morgan fingerprint density at radius 3 is 2.08 bits per heavy atom. The van der Waals surface area contributed by atoms with Crippen LogP contribution in [0, 0.1) is 0 Å². The molecule has 0 N–H and O–H groups in total. The Bertz CT molecular complexity index is 192. The fourth-order valence-corrected chi connectivity index (χ4v) is 1.01. The summed E-state index contributed by atoms with van der Waals surface area (Å²) in [6.45, 7) is 10.3.